The minimum Gasteiger partial charge on any atom is -0.465 e. The van der Waals surface area contributed by atoms with Gasteiger partial charge in [-0.15, -0.1) is 0 Å². The van der Waals surface area contributed by atoms with Gasteiger partial charge in [0.15, 0.2) is 0 Å². The maximum Gasteiger partial charge on any atom is 0.420 e. The number of ether oxygens (including phenoxy) is 1. The van der Waals surface area contributed by atoms with Crippen molar-refractivity contribution in [3.05, 3.63) is 17.0 Å². The normalized spacial score (nSPS) is 16.3. The van der Waals surface area contributed by atoms with Crippen molar-refractivity contribution in [2.45, 2.75) is 65.1 Å². The molecule has 2 heterocycles. The lowest BCUT2D eigenvalue weighted by Crippen LogP contribution is -2.51. The summed E-state index contributed by atoms with van der Waals surface area (Å²) < 4.78 is 47.1. The molecule has 7 nitrogen and oxygen atoms in total. The Hall–Kier alpha value is -1.81. The number of aromatic nitrogens is 2. The molecular weight excluding hydrogens is 353 g/mol. The van der Waals surface area contributed by atoms with Crippen molar-refractivity contribution < 1.29 is 27.8 Å². The Bertz CT molecular complexity index is 652. The Balaban J connectivity index is 2.10. The second-order valence-electron chi connectivity index (χ2n) is 7.35. The van der Waals surface area contributed by atoms with E-state index in [0.29, 0.717) is 13.1 Å². The quantitative estimate of drug-likeness (QED) is 0.824. The lowest BCUT2D eigenvalue weighted by atomic mass is 10.0. The lowest BCUT2D eigenvalue weighted by molar-refractivity contribution is -0.139. The van der Waals surface area contributed by atoms with Crippen molar-refractivity contribution in [1.29, 1.82) is 0 Å². The molecule has 1 aliphatic heterocycles. The predicted octanol–water partition coefficient (Wildman–Crippen LogP) is 2.69. The van der Waals surface area contributed by atoms with Gasteiger partial charge >= 0.3 is 12.3 Å². The van der Waals surface area contributed by atoms with E-state index >= 15 is 0 Å². The van der Waals surface area contributed by atoms with Gasteiger partial charge in [0.05, 0.1) is 31.5 Å². The van der Waals surface area contributed by atoms with Crippen LogP contribution in [0.2, 0.25) is 0 Å². The van der Waals surface area contributed by atoms with Crippen LogP contribution in [0.25, 0.3) is 0 Å². The van der Waals surface area contributed by atoms with Crippen molar-refractivity contribution in [2.24, 2.45) is 0 Å². The van der Waals surface area contributed by atoms with Crippen molar-refractivity contribution >= 4 is 6.09 Å². The standard InChI is InChI=1S/C16H25F3N4O3/c1-10(23(14(24)25)15(2,3)4)8-26-9-11-13(16(17,18)19)12-7-20-5-6-22(12)21-11/h10,20H,5-9H2,1-4H3,(H,24,25). The molecule has 0 bridgehead atoms. The molecule has 1 aromatic heterocycles. The number of nitrogens with one attached hydrogen (secondary N) is 1. The number of carboxylic acid groups (broad SMARTS) is 1. The second kappa shape index (κ2) is 7.43. The van der Waals surface area contributed by atoms with E-state index in [0.717, 1.165) is 0 Å². The maximum absolute atomic E-state index is 13.4. The van der Waals surface area contributed by atoms with Gasteiger partial charge in [-0.2, -0.15) is 18.3 Å². The molecule has 0 fully saturated rings. The SMILES string of the molecule is CC(COCc1nn2c(c1C(F)(F)F)CNCC2)N(C(=O)O)C(C)(C)C. The van der Waals surface area contributed by atoms with Crippen LogP contribution in [0.15, 0.2) is 0 Å². The zero-order chi connectivity index (χ0) is 19.7. The Morgan fingerprint density at radius 1 is 1.42 bits per heavy atom. The number of alkyl halides is 3. The van der Waals surface area contributed by atoms with E-state index in [1.54, 1.807) is 27.7 Å². The van der Waals surface area contributed by atoms with Gasteiger partial charge in [0.25, 0.3) is 0 Å². The van der Waals surface area contributed by atoms with Crippen LogP contribution in [0.3, 0.4) is 0 Å². The number of hydrogen-bond acceptors (Lipinski definition) is 4. The van der Waals surface area contributed by atoms with Crippen LogP contribution in [-0.2, 0) is 30.6 Å². The third kappa shape index (κ3) is 4.47. The zero-order valence-corrected chi connectivity index (χ0v) is 15.4. The summed E-state index contributed by atoms with van der Waals surface area (Å²) in [5, 5.41) is 16.3. The molecule has 0 saturated carbocycles. The van der Waals surface area contributed by atoms with Gasteiger partial charge in [0.2, 0.25) is 0 Å². The summed E-state index contributed by atoms with van der Waals surface area (Å²) in [6, 6.07) is -0.513. The molecule has 1 aromatic rings. The second-order valence-corrected chi connectivity index (χ2v) is 7.35. The number of carbonyl (C=O) groups is 1. The van der Waals surface area contributed by atoms with Gasteiger partial charge in [0, 0.05) is 18.6 Å². The third-order valence-electron chi connectivity index (χ3n) is 4.17. The summed E-state index contributed by atoms with van der Waals surface area (Å²) in [5.74, 6) is 0. The van der Waals surface area contributed by atoms with Gasteiger partial charge in [-0.05, 0) is 27.7 Å². The number of halogens is 3. The van der Waals surface area contributed by atoms with Gasteiger partial charge in [-0.1, -0.05) is 0 Å². The fraction of sp³-hybridized carbons (Fsp3) is 0.750. The van der Waals surface area contributed by atoms with E-state index in [2.05, 4.69) is 10.4 Å². The Labute approximate surface area is 150 Å². The Morgan fingerprint density at radius 2 is 2.08 bits per heavy atom. The average Bonchev–Trinajstić information content (AvgIpc) is 2.83. The zero-order valence-electron chi connectivity index (χ0n) is 15.4. The van der Waals surface area contributed by atoms with Crippen LogP contribution in [0.5, 0.6) is 0 Å². The molecule has 0 aromatic carbocycles. The van der Waals surface area contributed by atoms with Crippen LogP contribution in [0, 0.1) is 0 Å². The van der Waals surface area contributed by atoms with E-state index in [4.69, 9.17) is 4.74 Å². The van der Waals surface area contributed by atoms with Crippen molar-refractivity contribution in [1.82, 2.24) is 20.0 Å². The van der Waals surface area contributed by atoms with Crippen molar-refractivity contribution in [3.8, 4) is 0 Å². The molecule has 10 heteroatoms. The van der Waals surface area contributed by atoms with Crippen LogP contribution in [0.4, 0.5) is 18.0 Å². The predicted molar refractivity (Wildman–Crippen MR) is 87.7 cm³/mol. The number of hydrogen-bond donors (Lipinski definition) is 2. The summed E-state index contributed by atoms with van der Waals surface area (Å²) in [6.07, 6.45) is -5.62. The molecule has 0 spiro atoms. The molecule has 148 valence electrons. The summed E-state index contributed by atoms with van der Waals surface area (Å²) >= 11 is 0. The van der Waals surface area contributed by atoms with Gasteiger partial charge in [0.1, 0.15) is 11.3 Å². The number of fused-ring (bicyclic) bond motifs is 1. The van der Waals surface area contributed by atoms with Crippen molar-refractivity contribution in [2.75, 3.05) is 13.2 Å². The van der Waals surface area contributed by atoms with E-state index in [1.165, 1.54) is 9.58 Å². The van der Waals surface area contributed by atoms with Crippen LogP contribution in [-0.4, -0.2) is 50.6 Å². The highest BCUT2D eigenvalue weighted by Gasteiger charge is 2.40. The van der Waals surface area contributed by atoms with E-state index in [-0.39, 0.29) is 31.1 Å². The van der Waals surface area contributed by atoms with E-state index in [1.807, 2.05) is 0 Å². The molecule has 1 atom stereocenters. The van der Waals surface area contributed by atoms with Gasteiger partial charge in [-0.3, -0.25) is 9.58 Å². The number of amides is 1. The first-order chi connectivity index (χ1) is 11.9. The average molecular weight is 378 g/mol. The minimum absolute atomic E-state index is 0.0265. The molecule has 0 radical (unpaired) electrons. The topological polar surface area (TPSA) is 79.6 Å². The first kappa shape index (κ1) is 20.5. The third-order valence-corrected chi connectivity index (χ3v) is 4.17. The molecule has 26 heavy (non-hydrogen) atoms. The maximum atomic E-state index is 13.4. The van der Waals surface area contributed by atoms with E-state index in [9.17, 15) is 23.1 Å². The van der Waals surface area contributed by atoms with Gasteiger partial charge in [-0.25, -0.2) is 4.79 Å². The smallest absolute Gasteiger partial charge is 0.420 e. The summed E-state index contributed by atoms with van der Waals surface area (Å²) in [7, 11) is 0. The first-order valence-electron chi connectivity index (χ1n) is 8.39. The summed E-state index contributed by atoms with van der Waals surface area (Å²) in [4.78, 5) is 12.7. The van der Waals surface area contributed by atoms with Crippen LogP contribution in [0.1, 0.15) is 44.6 Å². The van der Waals surface area contributed by atoms with E-state index < -0.39 is 29.4 Å². The number of rotatable bonds is 5. The Kier molecular flexibility index (Phi) is 5.86. The highest BCUT2D eigenvalue weighted by Crippen LogP contribution is 2.35. The molecule has 0 saturated heterocycles. The molecule has 1 unspecified atom stereocenters. The molecular formula is C16H25F3N4O3. The molecule has 2 rings (SSSR count). The highest BCUT2D eigenvalue weighted by atomic mass is 19.4. The van der Waals surface area contributed by atoms with Crippen molar-refractivity contribution in [3.63, 3.8) is 0 Å². The minimum atomic E-state index is -4.52. The molecule has 0 aliphatic carbocycles. The fourth-order valence-corrected chi connectivity index (χ4v) is 3.27. The summed E-state index contributed by atoms with van der Waals surface area (Å²) in [6.45, 7) is 7.58. The largest absolute Gasteiger partial charge is 0.465 e. The first-order valence-corrected chi connectivity index (χ1v) is 8.39. The summed E-state index contributed by atoms with van der Waals surface area (Å²) in [5.41, 5.74) is -1.47. The molecule has 1 amide bonds. The Morgan fingerprint density at radius 3 is 2.62 bits per heavy atom. The highest BCUT2D eigenvalue weighted by molar-refractivity contribution is 5.66. The van der Waals surface area contributed by atoms with Crippen LogP contribution < -0.4 is 5.32 Å². The van der Waals surface area contributed by atoms with Gasteiger partial charge < -0.3 is 15.2 Å². The lowest BCUT2D eigenvalue weighted by Gasteiger charge is -2.37. The van der Waals surface area contributed by atoms with Crippen LogP contribution >= 0.6 is 0 Å². The number of nitrogens with zero attached hydrogens (tertiary/aromatic N) is 3. The molecule has 1 aliphatic rings. The molecule has 2 N–H and O–H groups in total. The fourth-order valence-electron chi connectivity index (χ4n) is 3.27. The monoisotopic (exact) mass is 378 g/mol.